The molecule has 0 saturated carbocycles. The Morgan fingerprint density at radius 1 is 1.47 bits per heavy atom. The Labute approximate surface area is 95.3 Å². The second kappa shape index (κ2) is 4.54. The van der Waals surface area contributed by atoms with Crippen LogP contribution in [0.4, 0.5) is 5.82 Å². The van der Waals surface area contributed by atoms with E-state index in [1.807, 2.05) is 6.92 Å². The van der Waals surface area contributed by atoms with Crippen LogP contribution >= 0.6 is 23.3 Å². The van der Waals surface area contributed by atoms with E-state index in [1.54, 1.807) is 24.2 Å². The fraction of sp³-hybridized carbons (Fsp3) is 0.250. The molecule has 0 aromatic carbocycles. The van der Waals surface area contributed by atoms with Gasteiger partial charge >= 0.3 is 0 Å². The van der Waals surface area contributed by atoms with E-state index < -0.39 is 0 Å². The van der Waals surface area contributed by atoms with Crippen molar-refractivity contribution in [2.24, 2.45) is 0 Å². The molecule has 0 atom stereocenters. The first-order valence-corrected chi connectivity index (χ1v) is 5.99. The molecule has 2 heterocycles. The number of hydrogen-bond donors (Lipinski definition) is 1. The van der Waals surface area contributed by atoms with Gasteiger partial charge in [0.05, 0.1) is 5.75 Å². The van der Waals surface area contributed by atoms with Gasteiger partial charge in [0, 0.05) is 11.8 Å². The molecule has 0 unspecified atom stereocenters. The molecular formula is C8H9N5S2. The Balaban J connectivity index is 2.05. The Morgan fingerprint density at radius 3 is 3.00 bits per heavy atom. The summed E-state index contributed by atoms with van der Waals surface area (Å²) in [6, 6.07) is 1.75. The molecule has 0 radical (unpaired) electrons. The van der Waals surface area contributed by atoms with Crippen LogP contribution in [0, 0.1) is 6.92 Å². The van der Waals surface area contributed by atoms with Gasteiger partial charge in [-0.15, -0.1) is 0 Å². The molecule has 0 aliphatic heterocycles. The van der Waals surface area contributed by atoms with Gasteiger partial charge in [0.15, 0.2) is 4.34 Å². The largest absolute Gasteiger partial charge is 0.384 e. The number of thioether (sulfide) groups is 1. The third-order valence-corrected chi connectivity index (χ3v) is 3.38. The molecule has 78 valence electrons. The average Bonchev–Trinajstić information content (AvgIpc) is 2.65. The van der Waals surface area contributed by atoms with Gasteiger partial charge in [-0.3, -0.25) is 0 Å². The van der Waals surface area contributed by atoms with E-state index >= 15 is 0 Å². The first-order valence-electron chi connectivity index (χ1n) is 4.23. The summed E-state index contributed by atoms with van der Waals surface area (Å²) in [7, 11) is 0. The van der Waals surface area contributed by atoms with Gasteiger partial charge < -0.3 is 5.73 Å². The standard InChI is InChI=1S/C8H9N5S2/c1-5-2-6(9)13-7(12-5)3-14-8-10-4-11-15-8/h2,4H,3H2,1H3,(H2,9,12,13). The van der Waals surface area contributed by atoms with Crippen molar-refractivity contribution in [1.82, 2.24) is 19.3 Å². The number of aromatic nitrogens is 4. The van der Waals surface area contributed by atoms with Crippen molar-refractivity contribution in [2.45, 2.75) is 17.0 Å². The summed E-state index contributed by atoms with van der Waals surface area (Å²) in [4.78, 5) is 12.5. The summed E-state index contributed by atoms with van der Waals surface area (Å²) in [6.45, 7) is 1.90. The van der Waals surface area contributed by atoms with Crippen LogP contribution in [0.5, 0.6) is 0 Å². The summed E-state index contributed by atoms with van der Waals surface area (Å²) >= 11 is 2.93. The number of nitrogens with zero attached hydrogens (tertiary/aromatic N) is 4. The Hall–Kier alpha value is -1.21. The first kappa shape index (κ1) is 10.3. The fourth-order valence-electron chi connectivity index (χ4n) is 1.07. The van der Waals surface area contributed by atoms with Crippen molar-refractivity contribution < 1.29 is 0 Å². The normalized spacial score (nSPS) is 10.5. The van der Waals surface area contributed by atoms with E-state index in [-0.39, 0.29) is 0 Å². The molecule has 2 aromatic rings. The van der Waals surface area contributed by atoms with Crippen molar-refractivity contribution in [3.63, 3.8) is 0 Å². The number of anilines is 1. The Kier molecular flexibility index (Phi) is 3.12. The SMILES string of the molecule is Cc1cc(N)nc(CSc2ncns2)n1. The smallest absolute Gasteiger partial charge is 0.170 e. The molecule has 0 aliphatic rings. The van der Waals surface area contributed by atoms with Crippen molar-refractivity contribution in [3.05, 3.63) is 23.9 Å². The highest BCUT2D eigenvalue weighted by Crippen LogP contribution is 2.21. The lowest BCUT2D eigenvalue weighted by Gasteiger charge is -2.00. The van der Waals surface area contributed by atoms with Gasteiger partial charge in [0.1, 0.15) is 18.0 Å². The van der Waals surface area contributed by atoms with E-state index in [2.05, 4.69) is 19.3 Å². The molecule has 2 rings (SSSR count). The molecule has 0 fully saturated rings. The molecule has 0 spiro atoms. The number of hydrogen-bond acceptors (Lipinski definition) is 7. The number of nitrogens with two attached hydrogens (primary N) is 1. The summed E-state index contributed by atoms with van der Waals surface area (Å²) in [5, 5.41) is 0. The van der Waals surface area contributed by atoms with Crippen LogP contribution in [0.2, 0.25) is 0 Å². The average molecular weight is 239 g/mol. The van der Waals surface area contributed by atoms with Crippen molar-refractivity contribution in [2.75, 3.05) is 5.73 Å². The summed E-state index contributed by atoms with van der Waals surface area (Å²) < 4.78 is 4.83. The van der Waals surface area contributed by atoms with Gasteiger partial charge in [-0.2, -0.15) is 4.37 Å². The third kappa shape index (κ3) is 2.87. The highest BCUT2D eigenvalue weighted by atomic mass is 32.2. The zero-order valence-corrected chi connectivity index (χ0v) is 9.68. The second-order valence-corrected chi connectivity index (χ2v) is 4.85. The first-order chi connectivity index (χ1) is 7.24. The fourth-order valence-corrected chi connectivity index (χ4v) is 2.37. The Bertz CT molecular complexity index is 422. The maximum absolute atomic E-state index is 5.62. The van der Waals surface area contributed by atoms with Gasteiger partial charge in [-0.05, 0) is 18.5 Å². The van der Waals surface area contributed by atoms with Crippen molar-refractivity contribution in [3.8, 4) is 0 Å². The molecule has 0 bridgehead atoms. The van der Waals surface area contributed by atoms with Crippen LogP contribution in [0.25, 0.3) is 0 Å². The van der Waals surface area contributed by atoms with Gasteiger partial charge in [0.2, 0.25) is 0 Å². The van der Waals surface area contributed by atoms with E-state index in [4.69, 9.17) is 5.73 Å². The highest BCUT2D eigenvalue weighted by Gasteiger charge is 2.03. The maximum Gasteiger partial charge on any atom is 0.170 e. The molecule has 2 N–H and O–H groups in total. The zero-order chi connectivity index (χ0) is 10.7. The van der Waals surface area contributed by atoms with Crippen LogP contribution in [0.1, 0.15) is 11.5 Å². The molecule has 15 heavy (non-hydrogen) atoms. The summed E-state index contributed by atoms with van der Waals surface area (Å²) in [5.74, 6) is 1.91. The quantitative estimate of drug-likeness (QED) is 0.818. The highest BCUT2D eigenvalue weighted by molar-refractivity contribution is 8.00. The lowest BCUT2D eigenvalue weighted by molar-refractivity contribution is 1.00. The van der Waals surface area contributed by atoms with Gasteiger partial charge in [-0.1, -0.05) is 11.8 Å². The third-order valence-electron chi connectivity index (χ3n) is 1.59. The zero-order valence-electron chi connectivity index (χ0n) is 8.04. The van der Waals surface area contributed by atoms with E-state index in [0.717, 1.165) is 15.9 Å². The van der Waals surface area contributed by atoms with Crippen LogP contribution < -0.4 is 5.73 Å². The summed E-state index contributed by atoms with van der Waals surface area (Å²) in [5.41, 5.74) is 6.51. The predicted molar refractivity (Wildman–Crippen MR) is 60.7 cm³/mol. The summed E-state index contributed by atoms with van der Waals surface area (Å²) in [6.07, 6.45) is 1.54. The van der Waals surface area contributed by atoms with Crippen molar-refractivity contribution in [1.29, 1.82) is 0 Å². The van der Waals surface area contributed by atoms with E-state index in [0.29, 0.717) is 11.6 Å². The van der Waals surface area contributed by atoms with Gasteiger partial charge in [-0.25, -0.2) is 15.0 Å². The number of nitrogen functional groups attached to an aromatic ring is 1. The monoisotopic (exact) mass is 239 g/mol. The molecule has 7 heteroatoms. The minimum Gasteiger partial charge on any atom is -0.384 e. The molecule has 0 saturated heterocycles. The van der Waals surface area contributed by atoms with E-state index in [9.17, 15) is 0 Å². The Morgan fingerprint density at radius 2 is 2.33 bits per heavy atom. The minimum absolute atomic E-state index is 0.510. The number of aryl methyl sites for hydroxylation is 1. The topological polar surface area (TPSA) is 77.6 Å². The maximum atomic E-state index is 5.62. The molecular weight excluding hydrogens is 230 g/mol. The lowest BCUT2D eigenvalue weighted by atomic mass is 10.4. The lowest BCUT2D eigenvalue weighted by Crippen LogP contribution is -1.99. The molecule has 0 aliphatic carbocycles. The van der Waals surface area contributed by atoms with Crippen LogP contribution in [-0.2, 0) is 5.75 Å². The van der Waals surface area contributed by atoms with Crippen molar-refractivity contribution >= 4 is 29.1 Å². The predicted octanol–water partition coefficient (Wildman–Crippen LogP) is 1.51. The van der Waals surface area contributed by atoms with Gasteiger partial charge in [0.25, 0.3) is 0 Å². The number of rotatable bonds is 3. The van der Waals surface area contributed by atoms with Crippen LogP contribution in [0.3, 0.4) is 0 Å². The van der Waals surface area contributed by atoms with Crippen LogP contribution in [0.15, 0.2) is 16.7 Å². The van der Waals surface area contributed by atoms with E-state index in [1.165, 1.54) is 11.5 Å². The molecule has 0 amide bonds. The minimum atomic E-state index is 0.510. The molecule has 2 aromatic heterocycles. The second-order valence-electron chi connectivity index (χ2n) is 2.85. The van der Waals surface area contributed by atoms with Crippen LogP contribution in [-0.4, -0.2) is 19.3 Å². The molecule has 5 nitrogen and oxygen atoms in total.